The van der Waals surface area contributed by atoms with E-state index in [1.54, 1.807) is 0 Å². The van der Waals surface area contributed by atoms with E-state index in [0.717, 1.165) is 25.0 Å². The van der Waals surface area contributed by atoms with Crippen molar-refractivity contribution in [1.82, 2.24) is 5.32 Å². The van der Waals surface area contributed by atoms with Gasteiger partial charge in [-0.2, -0.15) is 0 Å². The quantitative estimate of drug-likeness (QED) is 0.876. The third-order valence-electron chi connectivity index (χ3n) is 3.67. The standard InChI is InChI=1S/C14H19NO4/c1-9-3-2-4-10(5-9)7-15-13(16)12-6-11(8-19-12)14(17)18/h6,8-10H,2-5,7H2,1H3,(H,15,16)(H,17,18). The average molecular weight is 265 g/mol. The minimum atomic E-state index is -1.09. The van der Waals surface area contributed by atoms with E-state index < -0.39 is 5.97 Å². The molecule has 2 N–H and O–H groups in total. The van der Waals surface area contributed by atoms with Crippen molar-refractivity contribution in [3.63, 3.8) is 0 Å². The second-order valence-corrected chi connectivity index (χ2v) is 5.35. The van der Waals surface area contributed by atoms with E-state index in [2.05, 4.69) is 12.2 Å². The molecule has 0 radical (unpaired) electrons. The lowest BCUT2D eigenvalue weighted by Crippen LogP contribution is -2.31. The maximum absolute atomic E-state index is 11.8. The molecule has 1 amide bonds. The lowest BCUT2D eigenvalue weighted by Gasteiger charge is -2.26. The molecule has 1 aromatic rings. The van der Waals surface area contributed by atoms with Crippen LogP contribution in [0, 0.1) is 11.8 Å². The summed E-state index contributed by atoms with van der Waals surface area (Å²) in [6.07, 6.45) is 5.85. The Labute approximate surface area is 112 Å². The van der Waals surface area contributed by atoms with Crippen LogP contribution in [0.1, 0.15) is 53.5 Å². The van der Waals surface area contributed by atoms with Gasteiger partial charge in [-0.25, -0.2) is 4.79 Å². The van der Waals surface area contributed by atoms with Gasteiger partial charge in [-0.1, -0.05) is 19.8 Å². The van der Waals surface area contributed by atoms with Crippen LogP contribution in [0.25, 0.3) is 0 Å². The lowest BCUT2D eigenvalue weighted by molar-refractivity contribution is 0.0696. The highest BCUT2D eigenvalue weighted by Gasteiger charge is 2.20. The molecule has 0 aromatic carbocycles. The predicted octanol–water partition coefficient (Wildman–Crippen LogP) is 2.53. The first kappa shape index (κ1) is 13.6. The van der Waals surface area contributed by atoms with Gasteiger partial charge in [0.05, 0.1) is 5.56 Å². The van der Waals surface area contributed by atoms with Crippen molar-refractivity contribution in [3.05, 3.63) is 23.7 Å². The van der Waals surface area contributed by atoms with Gasteiger partial charge in [-0.3, -0.25) is 4.79 Å². The van der Waals surface area contributed by atoms with Crippen LogP contribution in [-0.2, 0) is 0 Å². The molecule has 1 aliphatic rings. The van der Waals surface area contributed by atoms with Gasteiger partial charge in [0.25, 0.3) is 5.91 Å². The average Bonchev–Trinajstić information content (AvgIpc) is 2.86. The highest BCUT2D eigenvalue weighted by molar-refractivity contribution is 5.95. The molecule has 2 rings (SSSR count). The molecule has 0 aliphatic heterocycles. The number of hydrogen-bond donors (Lipinski definition) is 2. The summed E-state index contributed by atoms with van der Waals surface area (Å²) in [6, 6.07) is 1.25. The number of aromatic carboxylic acids is 1. The molecule has 0 saturated heterocycles. The fourth-order valence-electron chi connectivity index (χ4n) is 2.64. The van der Waals surface area contributed by atoms with Gasteiger partial charge < -0.3 is 14.8 Å². The molecule has 1 aliphatic carbocycles. The number of furan rings is 1. The monoisotopic (exact) mass is 265 g/mol. The molecule has 104 valence electrons. The number of carboxylic acid groups (broad SMARTS) is 1. The number of nitrogens with one attached hydrogen (secondary N) is 1. The lowest BCUT2D eigenvalue weighted by atomic mass is 9.82. The molecule has 1 aromatic heterocycles. The number of carbonyl (C=O) groups is 2. The van der Waals surface area contributed by atoms with E-state index in [0.29, 0.717) is 12.5 Å². The Kier molecular flexibility index (Phi) is 4.24. The van der Waals surface area contributed by atoms with E-state index in [4.69, 9.17) is 9.52 Å². The van der Waals surface area contributed by atoms with Gasteiger partial charge in [-0.15, -0.1) is 0 Å². The van der Waals surface area contributed by atoms with Crippen molar-refractivity contribution >= 4 is 11.9 Å². The fourth-order valence-corrected chi connectivity index (χ4v) is 2.64. The topological polar surface area (TPSA) is 79.5 Å². The Morgan fingerprint density at radius 1 is 1.47 bits per heavy atom. The molecule has 2 unspecified atom stereocenters. The van der Waals surface area contributed by atoms with Crippen LogP contribution >= 0.6 is 0 Å². The summed E-state index contributed by atoms with van der Waals surface area (Å²) in [4.78, 5) is 22.5. The van der Waals surface area contributed by atoms with Gasteiger partial charge in [0.15, 0.2) is 5.76 Å². The van der Waals surface area contributed by atoms with Gasteiger partial charge in [0.1, 0.15) is 6.26 Å². The molecular formula is C14H19NO4. The SMILES string of the molecule is CC1CCCC(CNC(=O)c2cc(C(=O)O)co2)C1. The summed E-state index contributed by atoms with van der Waals surface area (Å²) in [5, 5.41) is 11.6. The summed E-state index contributed by atoms with van der Waals surface area (Å²) < 4.78 is 4.96. The van der Waals surface area contributed by atoms with Crippen LogP contribution < -0.4 is 5.32 Å². The van der Waals surface area contributed by atoms with Crippen LogP contribution in [-0.4, -0.2) is 23.5 Å². The Morgan fingerprint density at radius 3 is 2.89 bits per heavy atom. The van der Waals surface area contributed by atoms with Gasteiger partial charge >= 0.3 is 5.97 Å². The first-order valence-electron chi connectivity index (χ1n) is 6.66. The van der Waals surface area contributed by atoms with Crippen molar-refractivity contribution < 1.29 is 19.1 Å². The van der Waals surface area contributed by atoms with Crippen molar-refractivity contribution in [2.24, 2.45) is 11.8 Å². The number of rotatable bonds is 4. The van der Waals surface area contributed by atoms with Crippen molar-refractivity contribution in [3.8, 4) is 0 Å². The molecule has 1 fully saturated rings. The fraction of sp³-hybridized carbons (Fsp3) is 0.571. The summed E-state index contributed by atoms with van der Waals surface area (Å²) in [5.41, 5.74) is -0.00330. The number of amides is 1. The summed E-state index contributed by atoms with van der Waals surface area (Å²) in [5.74, 6) is -0.143. The first-order chi connectivity index (χ1) is 9.06. The summed E-state index contributed by atoms with van der Waals surface area (Å²) >= 11 is 0. The summed E-state index contributed by atoms with van der Waals surface area (Å²) in [7, 11) is 0. The van der Waals surface area contributed by atoms with Crippen molar-refractivity contribution in [2.75, 3.05) is 6.54 Å². The maximum Gasteiger partial charge on any atom is 0.338 e. The third-order valence-corrected chi connectivity index (χ3v) is 3.67. The zero-order valence-corrected chi connectivity index (χ0v) is 11.0. The van der Waals surface area contributed by atoms with Crippen molar-refractivity contribution in [2.45, 2.75) is 32.6 Å². The van der Waals surface area contributed by atoms with Gasteiger partial charge in [-0.05, 0) is 24.7 Å². The van der Waals surface area contributed by atoms with Gasteiger partial charge in [0.2, 0.25) is 0 Å². The minimum absolute atomic E-state index is 0.00330. The Hall–Kier alpha value is -1.78. The van der Waals surface area contributed by atoms with Crippen LogP contribution in [0.15, 0.2) is 16.7 Å². The molecule has 19 heavy (non-hydrogen) atoms. The van der Waals surface area contributed by atoms with E-state index in [1.165, 1.54) is 18.9 Å². The first-order valence-corrected chi connectivity index (χ1v) is 6.66. The smallest absolute Gasteiger partial charge is 0.338 e. The maximum atomic E-state index is 11.8. The Bertz CT molecular complexity index is 466. The van der Waals surface area contributed by atoms with Crippen LogP contribution in [0.3, 0.4) is 0 Å². The second kappa shape index (κ2) is 5.91. The molecule has 0 bridgehead atoms. The normalized spacial score (nSPS) is 23.0. The second-order valence-electron chi connectivity index (χ2n) is 5.35. The highest BCUT2D eigenvalue weighted by atomic mass is 16.4. The molecular weight excluding hydrogens is 246 g/mol. The molecule has 1 saturated carbocycles. The third kappa shape index (κ3) is 3.59. The van der Waals surface area contributed by atoms with E-state index >= 15 is 0 Å². The molecule has 2 atom stereocenters. The molecule has 0 spiro atoms. The zero-order chi connectivity index (χ0) is 13.8. The number of hydrogen-bond acceptors (Lipinski definition) is 3. The number of carboxylic acids is 1. The van der Waals surface area contributed by atoms with E-state index in [9.17, 15) is 9.59 Å². The van der Waals surface area contributed by atoms with E-state index in [-0.39, 0.29) is 17.2 Å². The Balaban J connectivity index is 1.85. The summed E-state index contributed by atoms with van der Waals surface area (Å²) in [6.45, 7) is 2.87. The zero-order valence-electron chi connectivity index (χ0n) is 11.0. The molecule has 5 nitrogen and oxygen atoms in total. The minimum Gasteiger partial charge on any atom is -0.478 e. The van der Waals surface area contributed by atoms with Crippen LogP contribution in [0.5, 0.6) is 0 Å². The van der Waals surface area contributed by atoms with Crippen LogP contribution in [0.4, 0.5) is 0 Å². The van der Waals surface area contributed by atoms with Gasteiger partial charge in [0, 0.05) is 12.6 Å². The highest BCUT2D eigenvalue weighted by Crippen LogP contribution is 2.27. The predicted molar refractivity (Wildman–Crippen MR) is 69.1 cm³/mol. The Morgan fingerprint density at radius 2 is 2.26 bits per heavy atom. The number of carbonyl (C=O) groups excluding carboxylic acids is 1. The molecule has 1 heterocycles. The van der Waals surface area contributed by atoms with Crippen molar-refractivity contribution in [1.29, 1.82) is 0 Å². The van der Waals surface area contributed by atoms with E-state index in [1.807, 2.05) is 0 Å². The molecule has 5 heteroatoms. The van der Waals surface area contributed by atoms with Crippen LogP contribution in [0.2, 0.25) is 0 Å². The largest absolute Gasteiger partial charge is 0.478 e.